The number of nitrogens with one attached hydrogen (secondary N) is 2. The topological polar surface area (TPSA) is 41.1 Å². The SMILES string of the molecule is CCCNC(C)C(=O)Nc1ccc(C(C)(C)C)cc1. The molecule has 0 heterocycles. The predicted molar refractivity (Wildman–Crippen MR) is 81.5 cm³/mol. The molecule has 1 aromatic carbocycles. The fourth-order valence-corrected chi connectivity index (χ4v) is 1.76. The van der Waals surface area contributed by atoms with E-state index in [4.69, 9.17) is 0 Å². The zero-order valence-electron chi connectivity index (χ0n) is 12.7. The van der Waals surface area contributed by atoms with Crippen LogP contribution in [0.2, 0.25) is 0 Å². The van der Waals surface area contributed by atoms with Crippen LogP contribution in [0.5, 0.6) is 0 Å². The van der Waals surface area contributed by atoms with Crippen molar-refractivity contribution in [1.82, 2.24) is 5.32 Å². The highest BCUT2D eigenvalue weighted by Crippen LogP contribution is 2.23. The minimum Gasteiger partial charge on any atom is -0.325 e. The third kappa shape index (κ3) is 5.03. The summed E-state index contributed by atoms with van der Waals surface area (Å²) >= 11 is 0. The Morgan fingerprint density at radius 1 is 1.21 bits per heavy atom. The van der Waals surface area contributed by atoms with Gasteiger partial charge in [0.15, 0.2) is 0 Å². The van der Waals surface area contributed by atoms with Gasteiger partial charge in [-0.3, -0.25) is 4.79 Å². The van der Waals surface area contributed by atoms with E-state index < -0.39 is 0 Å². The Balaban J connectivity index is 2.60. The van der Waals surface area contributed by atoms with Gasteiger partial charge in [0.25, 0.3) is 0 Å². The van der Waals surface area contributed by atoms with Gasteiger partial charge in [-0.25, -0.2) is 0 Å². The summed E-state index contributed by atoms with van der Waals surface area (Å²) in [6.07, 6.45) is 1.03. The highest BCUT2D eigenvalue weighted by atomic mass is 16.2. The van der Waals surface area contributed by atoms with E-state index in [1.54, 1.807) is 0 Å². The lowest BCUT2D eigenvalue weighted by molar-refractivity contribution is -0.117. The maximum atomic E-state index is 11.9. The van der Waals surface area contributed by atoms with E-state index in [9.17, 15) is 4.79 Å². The van der Waals surface area contributed by atoms with Crippen molar-refractivity contribution in [3.05, 3.63) is 29.8 Å². The maximum Gasteiger partial charge on any atom is 0.241 e. The van der Waals surface area contributed by atoms with E-state index >= 15 is 0 Å². The first-order valence-corrected chi connectivity index (χ1v) is 6.99. The normalized spacial score (nSPS) is 13.1. The van der Waals surface area contributed by atoms with Crippen LogP contribution in [-0.4, -0.2) is 18.5 Å². The Hall–Kier alpha value is -1.35. The first-order valence-electron chi connectivity index (χ1n) is 6.99. The van der Waals surface area contributed by atoms with Gasteiger partial charge < -0.3 is 10.6 Å². The smallest absolute Gasteiger partial charge is 0.241 e. The average Bonchev–Trinajstić information content (AvgIpc) is 2.35. The third-order valence-corrected chi connectivity index (χ3v) is 3.11. The average molecular weight is 262 g/mol. The van der Waals surface area contributed by atoms with Crippen molar-refractivity contribution < 1.29 is 4.79 Å². The number of benzene rings is 1. The molecule has 1 amide bonds. The minimum atomic E-state index is -0.165. The summed E-state index contributed by atoms with van der Waals surface area (Å²) in [5.74, 6) is 0.0111. The summed E-state index contributed by atoms with van der Waals surface area (Å²) < 4.78 is 0. The van der Waals surface area contributed by atoms with E-state index in [0.717, 1.165) is 18.7 Å². The molecule has 0 bridgehead atoms. The van der Waals surface area contributed by atoms with Crippen molar-refractivity contribution in [2.24, 2.45) is 0 Å². The third-order valence-electron chi connectivity index (χ3n) is 3.11. The Bertz CT molecular complexity index is 404. The predicted octanol–water partition coefficient (Wildman–Crippen LogP) is 3.31. The van der Waals surface area contributed by atoms with Gasteiger partial charge in [0.2, 0.25) is 5.91 Å². The molecule has 0 radical (unpaired) electrons. The summed E-state index contributed by atoms with van der Waals surface area (Å²) in [6, 6.07) is 7.90. The Morgan fingerprint density at radius 3 is 2.26 bits per heavy atom. The van der Waals surface area contributed by atoms with E-state index in [0.29, 0.717) is 0 Å². The standard InChI is InChI=1S/C16H26N2O/c1-6-11-17-12(2)15(19)18-14-9-7-13(8-10-14)16(3,4)5/h7-10,12,17H,6,11H2,1-5H3,(H,18,19). The van der Waals surface area contributed by atoms with Crippen molar-refractivity contribution >= 4 is 11.6 Å². The van der Waals surface area contributed by atoms with Crippen LogP contribution in [0.3, 0.4) is 0 Å². The number of rotatable bonds is 5. The van der Waals surface area contributed by atoms with Gasteiger partial charge in [-0.1, -0.05) is 39.8 Å². The van der Waals surface area contributed by atoms with Crippen LogP contribution in [0.1, 0.15) is 46.6 Å². The number of hydrogen-bond acceptors (Lipinski definition) is 2. The lowest BCUT2D eigenvalue weighted by Crippen LogP contribution is -2.38. The molecule has 3 heteroatoms. The van der Waals surface area contributed by atoms with Crippen LogP contribution in [-0.2, 0) is 10.2 Å². The monoisotopic (exact) mass is 262 g/mol. The summed E-state index contributed by atoms with van der Waals surface area (Å²) in [5, 5.41) is 6.10. The number of hydrogen-bond donors (Lipinski definition) is 2. The molecular weight excluding hydrogens is 236 g/mol. The van der Waals surface area contributed by atoms with E-state index in [1.165, 1.54) is 5.56 Å². The van der Waals surface area contributed by atoms with E-state index in [-0.39, 0.29) is 17.4 Å². The van der Waals surface area contributed by atoms with Gasteiger partial charge in [-0.15, -0.1) is 0 Å². The van der Waals surface area contributed by atoms with Gasteiger partial charge in [0.05, 0.1) is 6.04 Å². The second-order valence-corrected chi connectivity index (χ2v) is 5.99. The summed E-state index contributed by atoms with van der Waals surface area (Å²) in [5.41, 5.74) is 2.25. The van der Waals surface area contributed by atoms with Crippen LogP contribution in [0.4, 0.5) is 5.69 Å². The van der Waals surface area contributed by atoms with Crippen LogP contribution in [0, 0.1) is 0 Å². The maximum absolute atomic E-state index is 11.9. The lowest BCUT2D eigenvalue weighted by Gasteiger charge is -2.19. The van der Waals surface area contributed by atoms with Gasteiger partial charge >= 0.3 is 0 Å². The van der Waals surface area contributed by atoms with Gasteiger partial charge in [-0.2, -0.15) is 0 Å². The molecule has 0 saturated carbocycles. The molecule has 1 atom stereocenters. The first-order chi connectivity index (χ1) is 8.84. The molecular formula is C16H26N2O. The fourth-order valence-electron chi connectivity index (χ4n) is 1.76. The second-order valence-electron chi connectivity index (χ2n) is 5.99. The fraction of sp³-hybridized carbons (Fsp3) is 0.562. The van der Waals surface area contributed by atoms with Gasteiger partial charge in [-0.05, 0) is 43.0 Å². The van der Waals surface area contributed by atoms with Crippen molar-refractivity contribution in [3.63, 3.8) is 0 Å². The van der Waals surface area contributed by atoms with Gasteiger partial charge in [0, 0.05) is 5.69 Å². The molecule has 0 aliphatic carbocycles. The van der Waals surface area contributed by atoms with Crippen molar-refractivity contribution in [1.29, 1.82) is 0 Å². The summed E-state index contributed by atoms with van der Waals surface area (Å²) in [6.45, 7) is 11.4. The molecule has 1 rings (SSSR count). The van der Waals surface area contributed by atoms with Crippen LogP contribution in [0.25, 0.3) is 0 Å². The van der Waals surface area contributed by atoms with E-state index in [1.807, 2.05) is 19.1 Å². The van der Waals surface area contributed by atoms with Crippen molar-refractivity contribution in [2.45, 2.75) is 52.5 Å². The van der Waals surface area contributed by atoms with Crippen LogP contribution >= 0.6 is 0 Å². The Labute approximate surface area is 116 Å². The molecule has 0 spiro atoms. The molecule has 19 heavy (non-hydrogen) atoms. The lowest BCUT2D eigenvalue weighted by atomic mass is 9.87. The first kappa shape index (κ1) is 15.7. The highest BCUT2D eigenvalue weighted by molar-refractivity contribution is 5.94. The number of anilines is 1. The number of carbonyl (C=O) groups excluding carboxylic acids is 1. The minimum absolute atomic E-state index is 0.0111. The number of amides is 1. The molecule has 106 valence electrons. The molecule has 0 aliphatic rings. The second kappa shape index (κ2) is 6.71. The molecule has 0 aromatic heterocycles. The largest absolute Gasteiger partial charge is 0.325 e. The summed E-state index contributed by atoms with van der Waals surface area (Å²) in [7, 11) is 0. The van der Waals surface area contributed by atoms with Crippen LogP contribution < -0.4 is 10.6 Å². The molecule has 0 saturated heterocycles. The molecule has 3 nitrogen and oxygen atoms in total. The van der Waals surface area contributed by atoms with Crippen LogP contribution in [0.15, 0.2) is 24.3 Å². The zero-order valence-corrected chi connectivity index (χ0v) is 12.7. The number of carbonyl (C=O) groups is 1. The zero-order chi connectivity index (χ0) is 14.5. The molecule has 1 aromatic rings. The highest BCUT2D eigenvalue weighted by Gasteiger charge is 2.14. The molecule has 1 unspecified atom stereocenters. The van der Waals surface area contributed by atoms with Gasteiger partial charge in [0.1, 0.15) is 0 Å². The molecule has 2 N–H and O–H groups in total. The Kier molecular flexibility index (Phi) is 5.55. The summed E-state index contributed by atoms with van der Waals surface area (Å²) in [4.78, 5) is 11.9. The quantitative estimate of drug-likeness (QED) is 0.854. The van der Waals surface area contributed by atoms with E-state index in [2.05, 4.69) is 50.5 Å². The molecule has 0 fully saturated rings. The van der Waals surface area contributed by atoms with Crippen molar-refractivity contribution in [3.8, 4) is 0 Å². The van der Waals surface area contributed by atoms with Crippen molar-refractivity contribution in [2.75, 3.05) is 11.9 Å². The Morgan fingerprint density at radius 2 is 1.79 bits per heavy atom. The molecule has 0 aliphatic heterocycles.